The molecule has 1 heterocycles. The van der Waals surface area contributed by atoms with Crippen LogP contribution in [0.25, 0.3) is 0 Å². The van der Waals surface area contributed by atoms with E-state index in [1.165, 1.54) is 0 Å². The van der Waals surface area contributed by atoms with Gasteiger partial charge >= 0.3 is 0 Å². The first-order valence-electron chi connectivity index (χ1n) is 7.10. The number of para-hydroxylation sites is 1. The van der Waals surface area contributed by atoms with Gasteiger partial charge in [-0.2, -0.15) is 0 Å². The van der Waals surface area contributed by atoms with E-state index < -0.39 is 0 Å². The van der Waals surface area contributed by atoms with Gasteiger partial charge in [0.05, 0.1) is 19.9 Å². The van der Waals surface area contributed by atoms with Crippen LogP contribution < -0.4 is 10.5 Å². The Morgan fingerprint density at radius 3 is 2.50 bits per heavy atom. The van der Waals surface area contributed by atoms with Crippen LogP contribution in [0.2, 0.25) is 0 Å². The zero-order chi connectivity index (χ0) is 14.4. The fourth-order valence-corrected chi connectivity index (χ4v) is 2.59. The van der Waals surface area contributed by atoms with Gasteiger partial charge in [0.2, 0.25) is 0 Å². The van der Waals surface area contributed by atoms with E-state index in [-0.39, 0.29) is 6.17 Å². The molecule has 1 aromatic carbocycles. The molecule has 5 heteroatoms. The Morgan fingerprint density at radius 1 is 1.15 bits per heavy atom. The molecule has 0 saturated carbocycles. The number of rotatable bonds is 6. The van der Waals surface area contributed by atoms with Gasteiger partial charge in [0.25, 0.3) is 0 Å². The van der Waals surface area contributed by atoms with Crippen molar-refractivity contribution in [1.82, 2.24) is 9.80 Å². The molecule has 1 atom stereocenters. The largest absolute Gasteiger partial charge is 0.496 e. The quantitative estimate of drug-likeness (QED) is 0.839. The predicted molar refractivity (Wildman–Crippen MR) is 79.8 cm³/mol. The van der Waals surface area contributed by atoms with Crippen molar-refractivity contribution in [2.24, 2.45) is 5.73 Å². The maximum Gasteiger partial charge on any atom is 0.124 e. The minimum absolute atomic E-state index is 0.101. The van der Waals surface area contributed by atoms with Gasteiger partial charge in [0, 0.05) is 45.4 Å². The Kier molecular flexibility index (Phi) is 5.79. The minimum atomic E-state index is -0.101. The molecule has 0 aliphatic carbocycles. The molecule has 1 fully saturated rings. The van der Waals surface area contributed by atoms with Crippen LogP contribution in [-0.4, -0.2) is 63.4 Å². The molecule has 0 radical (unpaired) electrons. The molecule has 2 N–H and O–H groups in total. The summed E-state index contributed by atoms with van der Waals surface area (Å²) in [5, 5.41) is 0. The first-order chi connectivity index (χ1) is 9.76. The monoisotopic (exact) mass is 279 g/mol. The Hall–Kier alpha value is -1.14. The van der Waals surface area contributed by atoms with Crippen molar-refractivity contribution in [3.05, 3.63) is 29.8 Å². The van der Waals surface area contributed by atoms with E-state index in [2.05, 4.69) is 9.80 Å². The summed E-state index contributed by atoms with van der Waals surface area (Å²) in [6, 6.07) is 7.98. The van der Waals surface area contributed by atoms with Crippen LogP contribution in [0, 0.1) is 0 Å². The van der Waals surface area contributed by atoms with Crippen molar-refractivity contribution in [2.45, 2.75) is 6.17 Å². The van der Waals surface area contributed by atoms with Crippen LogP contribution in [0.1, 0.15) is 11.7 Å². The third-order valence-corrected chi connectivity index (χ3v) is 3.87. The predicted octanol–water partition coefficient (Wildman–Crippen LogP) is 0.917. The number of hydrogen-bond donors (Lipinski definition) is 1. The molecule has 1 aliphatic heterocycles. The Balaban J connectivity index is 1.93. The minimum Gasteiger partial charge on any atom is -0.496 e. The van der Waals surface area contributed by atoms with Gasteiger partial charge in [0.15, 0.2) is 0 Å². The zero-order valence-corrected chi connectivity index (χ0v) is 12.4. The van der Waals surface area contributed by atoms with E-state index in [9.17, 15) is 0 Å². The lowest BCUT2D eigenvalue weighted by Gasteiger charge is -2.38. The normalized spacial score (nSPS) is 18.9. The topological polar surface area (TPSA) is 51.0 Å². The second kappa shape index (κ2) is 7.59. The third-order valence-electron chi connectivity index (χ3n) is 3.87. The van der Waals surface area contributed by atoms with Gasteiger partial charge in [-0.05, 0) is 6.07 Å². The van der Waals surface area contributed by atoms with E-state index in [1.807, 2.05) is 24.3 Å². The highest BCUT2D eigenvalue weighted by Gasteiger charge is 2.23. The molecule has 0 aromatic heterocycles. The molecule has 1 saturated heterocycles. The molecular formula is C15H25N3O2. The van der Waals surface area contributed by atoms with Crippen LogP contribution in [0.4, 0.5) is 0 Å². The van der Waals surface area contributed by atoms with Gasteiger partial charge in [-0.3, -0.25) is 9.80 Å². The first-order valence-corrected chi connectivity index (χ1v) is 7.10. The molecule has 112 valence electrons. The van der Waals surface area contributed by atoms with Crippen LogP contribution >= 0.6 is 0 Å². The van der Waals surface area contributed by atoms with Gasteiger partial charge in [-0.1, -0.05) is 18.2 Å². The van der Waals surface area contributed by atoms with E-state index in [0.29, 0.717) is 0 Å². The summed E-state index contributed by atoms with van der Waals surface area (Å²) in [6.07, 6.45) is -0.101. The smallest absolute Gasteiger partial charge is 0.124 e. The number of methoxy groups -OCH3 is 2. The summed E-state index contributed by atoms with van der Waals surface area (Å²) in [5.41, 5.74) is 7.45. The van der Waals surface area contributed by atoms with Crippen molar-refractivity contribution in [1.29, 1.82) is 0 Å². The Labute approximate surface area is 121 Å². The summed E-state index contributed by atoms with van der Waals surface area (Å²) < 4.78 is 10.5. The van der Waals surface area contributed by atoms with Gasteiger partial charge in [-0.25, -0.2) is 0 Å². The Bertz CT molecular complexity index is 406. The van der Waals surface area contributed by atoms with Gasteiger partial charge < -0.3 is 15.2 Å². The number of piperazine rings is 1. The average molecular weight is 279 g/mol. The zero-order valence-electron chi connectivity index (χ0n) is 12.4. The lowest BCUT2D eigenvalue weighted by molar-refractivity contribution is 0.0750. The van der Waals surface area contributed by atoms with E-state index >= 15 is 0 Å². The van der Waals surface area contributed by atoms with Crippen molar-refractivity contribution in [3.63, 3.8) is 0 Å². The van der Waals surface area contributed by atoms with Crippen LogP contribution in [0.5, 0.6) is 5.75 Å². The molecule has 0 amide bonds. The fraction of sp³-hybridized carbons (Fsp3) is 0.600. The molecule has 1 aromatic rings. The van der Waals surface area contributed by atoms with Crippen molar-refractivity contribution >= 4 is 0 Å². The van der Waals surface area contributed by atoms with Crippen molar-refractivity contribution in [2.75, 3.05) is 53.6 Å². The van der Waals surface area contributed by atoms with Gasteiger partial charge in [-0.15, -0.1) is 0 Å². The highest BCUT2D eigenvalue weighted by molar-refractivity contribution is 5.35. The van der Waals surface area contributed by atoms with E-state index in [4.69, 9.17) is 15.2 Å². The van der Waals surface area contributed by atoms with Crippen molar-refractivity contribution in [3.8, 4) is 5.75 Å². The molecule has 0 bridgehead atoms. The molecule has 0 spiro atoms. The first kappa shape index (κ1) is 15.3. The molecule has 1 aliphatic rings. The molecule has 20 heavy (non-hydrogen) atoms. The number of nitrogens with two attached hydrogens (primary N) is 1. The van der Waals surface area contributed by atoms with Crippen LogP contribution in [0.15, 0.2) is 24.3 Å². The molecule has 1 unspecified atom stereocenters. The van der Waals surface area contributed by atoms with E-state index in [0.717, 1.165) is 50.6 Å². The maximum absolute atomic E-state index is 6.39. The number of benzene rings is 1. The van der Waals surface area contributed by atoms with Crippen LogP contribution in [-0.2, 0) is 4.74 Å². The molecule has 2 rings (SSSR count). The fourth-order valence-electron chi connectivity index (χ4n) is 2.59. The summed E-state index contributed by atoms with van der Waals surface area (Å²) in [4.78, 5) is 4.72. The maximum atomic E-state index is 6.39. The Morgan fingerprint density at radius 2 is 1.85 bits per heavy atom. The number of nitrogens with zero attached hydrogens (tertiary/aromatic N) is 2. The lowest BCUT2D eigenvalue weighted by Crippen LogP contribution is -2.50. The summed E-state index contributed by atoms with van der Waals surface area (Å²) in [6.45, 7) is 5.80. The number of ether oxygens (including phenoxy) is 2. The average Bonchev–Trinajstić information content (AvgIpc) is 2.52. The summed E-state index contributed by atoms with van der Waals surface area (Å²) in [7, 11) is 3.43. The lowest BCUT2D eigenvalue weighted by atomic mass is 10.1. The van der Waals surface area contributed by atoms with Crippen LogP contribution in [0.3, 0.4) is 0 Å². The standard InChI is InChI=1S/C15H25N3O2/c1-19-12-11-17-7-9-18(10-8-17)15(16)13-5-3-4-6-14(13)20-2/h3-6,15H,7-12,16H2,1-2H3. The van der Waals surface area contributed by atoms with Gasteiger partial charge in [0.1, 0.15) is 5.75 Å². The molecule has 5 nitrogen and oxygen atoms in total. The number of hydrogen-bond acceptors (Lipinski definition) is 5. The third kappa shape index (κ3) is 3.70. The highest BCUT2D eigenvalue weighted by Crippen LogP contribution is 2.26. The second-order valence-electron chi connectivity index (χ2n) is 5.06. The summed E-state index contributed by atoms with van der Waals surface area (Å²) in [5.74, 6) is 0.863. The van der Waals surface area contributed by atoms with Crippen molar-refractivity contribution < 1.29 is 9.47 Å². The highest BCUT2D eigenvalue weighted by atomic mass is 16.5. The molecular weight excluding hydrogens is 254 g/mol. The SMILES string of the molecule is COCCN1CCN(C(N)c2ccccc2OC)CC1. The summed E-state index contributed by atoms with van der Waals surface area (Å²) >= 11 is 0. The second-order valence-corrected chi connectivity index (χ2v) is 5.06. The van der Waals surface area contributed by atoms with E-state index in [1.54, 1.807) is 14.2 Å².